The van der Waals surface area contributed by atoms with Crippen molar-refractivity contribution in [1.29, 1.82) is 0 Å². The van der Waals surface area contributed by atoms with Gasteiger partial charge in [-0.1, -0.05) is 50.2 Å². The number of benzene rings is 2. The zero-order chi connectivity index (χ0) is 23.8. The lowest BCUT2D eigenvalue weighted by Gasteiger charge is -2.28. The number of rotatable bonds is 10. The van der Waals surface area contributed by atoms with Crippen LogP contribution in [-0.4, -0.2) is 46.1 Å². The number of para-hydroxylation sites is 2. The first kappa shape index (κ1) is 24.3. The van der Waals surface area contributed by atoms with Gasteiger partial charge in [-0.05, 0) is 48.9 Å². The smallest absolute Gasteiger partial charge is 0.271 e. The molecule has 0 spiro atoms. The highest BCUT2D eigenvalue weighted by atomic mass is 16.3. The summed E-state index contributed by atoms with van der Waals surface area (Å²) in [4.78, 5) is 34.2. The summed E-state index contributed by atoms with van der Waals surface area (Å²) in [7, 11) is 1.60. The van der Waals surface area contributed by atoms with Crippen LogP contribution >= 0.6 is 0 Å². The van der Waals surface area contributed by atoms with E-state index in [0.29, 0.717) is 29.8 Å². The number of hydrogen-bond donors (Lipinski definition) is 3. The molecule has 0 aliphatic rings. The molecule has 33 heavy (non-hydrogen) atoms. The second-order valence-electron chi connectivity index (χ2n) is 8.68. The minimum Gasteiger partial charge on any atom is -0.391 e. The average molecular weight is 448 g/mol. The van der Waals surface area contributed by atoms with E-state index in [0.717, 1.165) is 5.56 Å². The molecule has 0 saturated carbocycles. The van der Waals surface area contributed by atoms with Crippen LogP contribution in [-0.2, 0) is 11.2 Å². The number of hydrogen-bond acceptors (Lipinski definition) is 5. The number of nitrogens with zero attached hydrogens (tertiary/aromatic N) is 2. The molecule has 2 aromatic carbocycles. The van der Waals surface area contributed by atoms with Gasteiger partial charge in [0.25, 0.3) is 5.91 Å². The Bertz CT molecular complexity index is 1070. The van der Waals surface area contributed by atoms with Gasteiger partial charge in [0, 0.05) is 13.0 Å². The maximum absolute atomic E-state index is 13.0. The summed E-state index contributed by atoms with van der Waals surface area (Å²) < 4.78 is 0. The molecule has 3 rings (SSSR count). The minimum absolute atomic E-state index is 0.109. The number of fused-ring (bicyclic) bond motifs is 1. The van der Waals surface area contributed by atoms with E-state index in [2.05, 4.69) is 26.7 Å². The number of aromatic nitrogens is 2. The summed E-state index contributed by atoms with van der Waals surface area (Å²) >= 11 is 0. The summed E-state index contributed by atoms with van der Waals surface area (Å²) in [5, 5.41) is 16.7. The number of aliphatic hydroxyl groups is 1. The fraction of sp³-hybridized carbons (Fsp3) is 0.385. The van der Waals surface area contributed by atoms with Crippen LogP contribution in [0.1, 0.15) is 42.7 Å². The van der Waals surface area contributed by atoms with Gasteiger partial charge in [0.15, 0.2) is 0 Å². The van der Waals surface area contributed by atoms with Crippen molar-refractivity contribution in [3.8, 4) is 0 Å². The third kappa shape index (κ3) is 6.83. The average Bonchev–Trinajstić information content (AvgIpc) is 2.82. The van der Waals surface area contributed by atoms with Crippen LogP contribution in [0.3, 0.4) is 0 Å². The second kappa shape index (κ2) is 11.5. The third-order valence-electron chi connectivity index (χ3n) is 5.60. The summed E-state index contributed by atoms with van der Waals surface area (Å²) in [6, 6.07) is 17.1. The van der Waals surface area contributed by atoms with Crippen LogP contribution in [0.25, 0.3) is 11.0 Å². The predicted octanol–water partition coefficient (Wildman–Crippen LogP) is 2.93. The number of aliphatic hydroxyl groups excluding tert-OH is 1. The molecule has 173 valence electrons. The van der Waals surface area contributed by atoms with E-state index < -0.39 is 18.1 Å². The molecule has 0 saturated heterocycles. The maximum atomic E-state index is 13.0. The fourth-order valence-electron chi connectivity index (χ4n) is 3.94. The molecule has 7 nitrogen and oxygen atoms in total. The molecule has 1 aromatic heterocycles. The van der Waals surface area contributed by atoms with Gasteiger partial charge in [0.2, 0.25) is 5.91 Å². The van der Waals surface area contributed by atoms with Gasteiger partial charge < -0.3 is 15.7 Å². The van der Waals surface area contributed by atoms with Crippen molar-refractivity contribution in [3.63, 3.8) is 0 Å². The first-order valence-electron chi connectivity index (χ1n) is 11.2. The summed E-state index contributed by atoms with van der Waals surface area (Å²) in [5.41, 5.74) is 2.45. The zero-order valence-corrected chi connectivity index (χ0v) is 19.3. The first-order chi connectivity index (χ1) is 15.9. The van der Waals surface area contributed by atoms with Crippen molar-refractivity contribution in [2.75, 3.05) is 7.05 Å². The Hall–Kier alpha value is -3.32. The Kier molecular flexibility index (Phi) is 8.49. The Morgan fingerprint density at radius 1 is 1.06 bits per heavy atom. The summed E-state index contributed by atoms with van der Waals surface area (Å²) in [5.74, 6) is -0.582. The molecular formula is C26H31N4O3. The van der Waals surface area contributed by atoms with Crippen molar-refractivity contribution in [2.45, 2.75) is 45.3 Å². The third-order valence-corrected chi connectivity index (χ3v) is 5.60. The van der Waals surface area contributed by atoms with Crippen LogP contribution in [0.5, 0.6) is 0 Å². The highest BCUT2D eigenvalue weighted by molar-refractivity contribution is 5.94. The second-order valence-corrected chi connectivity index (χ2v) is 8.68. The molecule has 3 unspecified atom stereocenters. The maximum Gasteiger partial charge on any atom is 0.271 e. The number of carbonyl (C=O) groups excluding carboxylic acids is 2. The van der Waals surface area contributed by atoms with Gasteiger partial charge in [-0.15, -0.1) is 0 Å². The van der Waals surface area contributed by atoms with E-state index in [-0.39, 0.29) is 23.9 Å². The van der Waals surface area contributed by atoms with Crippen molar-refractivity contribution in [2.24, 2.45) is 11.8 Å². The number of carbonyl (C=O) groups is 2. The molecule has 0 aliphatic heterocycles. The van der Waals surface area contributed by atoms with Crippen LogP contribution in [0.2, 0.25) is 0 Å². The zero-order valence-electron chi connectivity index (χ0n) is 19.3. The molecular weight excluding hydrogens is 416 g/mol. The molecule has 3 N–H and O–H groups in total. The standard InChI is InChI=1S/C26H31N4O3/c1-17(2)13-19(25(32)27-3)15-24(31)22(14-18-9-5-4-6-10-18)30-26(33)23-16-28-20-11-7-8-12-21(20)29-23/h5-12,16-17,19,22,24,31H,13-15H2,1-3H3,(H,27,32)(H,30,33). The van der Waals surface area contributed by atoms with E-state index in [1.54, 1.807) is 25.2 Å². The molecule has 0 bridgehead atoms. The van der Waals surface area contributed by atoms with Crippen molar-refractivity contribution in [1.82, 2.24) is 20.6 Å². The van der Waals surface area contributed by atoms with E-state index in [1.165, 1.54) is 6.20 Å². The largest absolute Gasteiger partial charge is 0.391 e. The SMILES string of the molecule is CNC(=O)C(CC(C)C)CC(O)C(Cc1cc[c]cc1)NC(=O)c1cnc2ccccc2n1. The normalized spacial score (nSPS) is 14.0. The molecule has 2 amide bonds. The molecule has 1 heterocycles. The highest BCUT2D eigenvalue weighted by Gasteiger charge is 2.29. The van der Waals surface area contributed by atoms with Crippen molar-refractivity contribution >= 4 is 22.8 Å². The first-order valence-corrected chi connectivity index (χ1v) is 11.2. The van der Waals surface area contributed by atoms with Gasteiger partial charge in [0.05, 0.1) is 29.4 Å². The van der Waals surface area contributed by atoms with Gasteiger partial charge in [-0.3, -0.25) is 14.6 Å². The van der Waals surface area contributed by atoms with Crippen LogP contribution in [0.15, 0.2) is 54.7 Å². The van der Waals surface area contributed by atoms with Gasteiger partial charge in [0.1, 0.15) is 5.69 Å². The predicted molar refractivity (Wildman–Crippen MR) is 127 cm³/mol. The van der Waals surface area contributed by atoms with Gasteiger partial charge >= 0.3 is 0 Å². The summed E-state index contributed by atoms with van der Waals surface area (Å²) in [6.07, 6.45) is 1.81. The molecule has 3 aromatic rings. The van der Waals surface area contributed by atoms with E-state index >= 15 is 0 Å². The molecule has 7 heteroatoms. The Morgan fingerprint density at radius 3 is 2.42 bits per heavy atom. The minimum atomic E-state index is -0.924. The number of amides is 2. The van der Waals surface area contributed by atoms with Crippen LogP contribution < -0.4 is 10.6 Å². The van der Waals surface area contributed by atoms with Crippen molar-refractivity contribution in [3.05, 3.63) is 72.1 Å². The lowest BCUT2D eigenvalue weighted by Crippen LogP contribution is -2.47. The van der Waals surface area contributed by atoms with Gasteiger partial charge in [-0.25, -0.2) is 4.98 Å². The highest BCUT2D eigenvalue weighted by Crippen LogP contribution is 2.21. The Morgan fingerprint density at radius 2 is 1.76 bits per heavy atom. The van der Waals surface area contributed by atoms with Crippen LogP contribution in [0, 0.1) is 17.9 Å². The molecule has 0 aliphatic carbocycles. The van der Waals surface area contributed by atoms with Gasteiger partial charge in [-0.2, -0.15) is 0 Å². The van der Waals surface area contributed by atoms with E-state index in [1.807, 2.05) is 44.2 Å². The molecule has 3 atom stereocenters. The lowest BCUT2D eigenvalue weighted by atomic mass is 9.87. The Balaban J connectivity index is 1.81. The van der Waals surface area contributed by atoms with Crippen molar-refractivity contribution < 1.29 is 14.7 Å². The quantitative estimate of drug-likeness (QED) is 0.443. The number of nitrogens with one attached hydrogen (secondary N) is 2. The topological polar surface area (TPSA) is 104 Å². The molecule has 0 fully saturated rings. The Labute approximate surface area is 194 Å². The monoisotopic (exact) mass is 447 g/mol. The molecule has 1 radical (unpaired) electrons. The lowest BCUT2D eigenvalue weighted by molar-refractivity contribution is -0.126. The van der Waals surface area contributed by atoms with E-state index in [4.69, 9.17) is 0 Å². The summed E-state index contributed by atoms with van der Waals surface area (Å²) in [6.45, 7) is 4.08. The fourth-order valence-corrected chi connectivity index (χ4v) is 3.94. The van der Waals surface area contributed by atoms with E-state index in [9.17, 15) is 14.7 Å². The van der Waals surface area contributed by atoms with Crippen LogP contribution in [0.4, 0.5) is 0 Å².